The molecule has 6 heteroatoms. The molecule has 142 valence electrons. The summed E-state index contributed by atoms with van der Waals surface area (Å²) in [6.07, 6.45) is 12.7. The van der Waals surface area contributed by atoms with E-state index in [9.17, 15) is 9.59 Å². The van der Waals surface area contributed by atoms with Crippen LogP contribution in [0.4, 0.5) is 4.79 Å². The maximum absolute atomic E-state index is 12.5. The molecule has 0 aromatic carbocycles. The average Bonchev–Trinajstić information content (AvgIpc) is 3.10. The van der Waals surface area contributed by atoms with Gasteiger partial charge in [0.05, 0.1) is 12.1 Å². The summed E-state index contributed by atoms with van der Waals surface area (Å²) >= 11 is 1.96. The van der Waals surface area contributed by atoms with E-state index in [2.05, 4.69) is 10.6 Å². The molecular formula is C19H33N3O2S. The molecule has 3 fully saturated rings. The van der Waals surface area contributed by atoms with Crippen LogP contribution < -0.4 is 10.6 Å². The van der Waals surface area contributed by atoms with Crippen molar-refractivity contribution in [2.45, 2.75) is 94.0 Å². The second-order valence-corrected chi connectivity index (χ2v) is 9.14. The monoisotopic (exact) mass is 367 g/mol. The minimum Gasteiger partial charge on any atom is -0.343 e. The summed E-state index contributed by atoms with van der Waals surface area (Å²) < 4.78 is 0. The van der Waals surface area contributed by atoms with Crippen molar-refractivity contribution in [2.75, 3.05) is 12.8 Å². The van der Waals surface area contributed by atoms with Gasteiger partial charge >= 0.3 is 6.03 Å². The number of thioether (sulfide) groups is 1. The quantitative estimate of drug-likeness (QED) is 0.559. The Labute approximate surface area is 156 Å². The number of carbonyl (C=O) groups excluding carboxylic acids is 2. The fraction of sp³-hybridized carbons (Fsp3) is 0.895. The second kappa shape index (κ2) is 9.15. The third-order valence-electron chi connectivity index (χ3n) is 6.08. The van der Waals surface area contributed by atoms with E-state index in [1.54, 1.807) is 0 Å². The van der Waals surface area contributed by atoms with E-state index < -0.39 is 0 Å². The first kappa shape index (κ1) is 18.9. The van der Waals surface area contributed by atoms with E-state index >= 15 is 0 Å². The molecule has 3 atom stereocenters. The number of amides is 3. The Morgan fingerprint density at radius 2 is 1.84 bits per heavy atom. The Bertz CT molecular complexity index is 466. The number of hydrogen-bond acceptors (Lipinski definition) is 3. The van der Waals surface area contributed by atoms with Gasteiger partial charge in [-0.15, -0.1) is 0 Å². The highest BCUT2D eigenvalue weighted by molar-refractivity contribution is 8.00. The van der Waals surface area contributed by atoms with Gasteiger partial charge in [-0.05, 0) is 25.7 Å². The van der Waals surface area contributed by atoms with Crippen LogP contribution in [0.1, 0.15) is 70.6 Å². The molecular weight excluding hydrogens is 334 g/mol. The largest absolute Gasteiger partial charge is 0.343 e. The zero-order valence-electron chi connectivity index (χ0n) is 15.5. The summed E-state index contributed by atoms with van der Waals surface area (Å²) in [5.74, 6) is 1.33. The van der Waals surface area contributed by atoms with Gasteiger partial charge in [0.25, 0.3) is 0 Å². The molecule has 0 bridgehead atoms. The van der Waals surface area contributed by atoms with Crippen LogP contribution in [0.25, 0.3) is 0 Å². The molecule has 1 aliphatic carbocycles. The minimum absolute atomic E-state index is 0.0173. The predicted octanol–water partition coefficient (Wildman–Crippen LogP) is 3.28. The molecule has 5 nitrogen and oxygen atoms in total. The van der Waals surface area contributed by atoms with Crippen molar-refractivity contribution in [1.29, 1.82) is 0 Å². The van der Waals surface area contributed by atoms with Gasteiger partial charge in [0.2, 0.25) is 5.91 Å². The van der Waals surface area contributed by atoms with E-state index in [-0.39, 0.29) is 12.1 Å². The third-order valence-corrected chi connectivity index (χ3v) is 7.59. The van der Waals surface area contributed by atoms with Crippen molar-refractivity contribution < 1.29 is 9.59 Å². The zero-order chi connectivity index (χ0) is 17.6. The highest BCUT2D eigenvalue weighted by Crippen LogP contribution is 2.33. The SMILES string of the molecule is CN(C(=O)CCCC[C@@H]1SC[C@@H]2NC(=O)N[C@@H]21)C1CCCCCCC1. The molecule has 3 aliphatic rings. The Morgan fingerprint density at radius 3 is 2.60 bits per heavy atom. The maximum atomic E-state index is 12.5. The van der Waals surface area contributed by atoms with E-state index in [1.807, 2.05) is 23.7 Å². The van der Waals surface area contributed by atoms with Gasteiger partial charge in [0, 0.05) is 30.5 Å². The molecule has 0 unspecified atom stereocenters. The fourth-order valence-electron chi connectivity index (χ4n) is 4.47. The van der Waals surface area contributed by atoms with Crippen LogP contribution in [-0.4, -0.2) is 53.0 Å². The van der Waals surface area contributed by atoms with Gasteiger partial charge in [-0.2, -0.15) is 11.8 Å². The van der Waals surface area contributed by atoms with Gasteiger partial charge < -0.3 is 15.5 Å². The molecule has 25 heavy (non-hydrogen) atoms. The molecule has 1 saturated carbocycles. The number of carbonyl (C=O) groups is 2. The number of unbranched alkanes of at least 4 members (excludes halogenated alkanes) is 1. The molecule has 3 rings (SSSR count). The van der Waals surface area contributed by atoms with E-state index in [0.717, 1.165) is 25.0 Å². The maximum Gasteiger partial charge on any atom is 0.315 e. The molecule has 3 amide bonds. The van der Waals surface area contributed by atoms with Crippen molar-refractivity contribution in [3.63, 3.8) is 0 Å². The standard InChI is InChI=1S/C19H33N3O2S/c1-22(14-9-5-3-2-4-6-10-14)17(23)12-8-7-11-16-18-15(13-25-16)20-19(24)21-18/h14-16,18H,2-13H2,1H3,(H2,20,21,24)/t15-,16-,18-/m0/s1. The van der Waals surface area contributed by atoms with Crippen molar-refractivity contribution in [2.24, 2.45) is 0 Å². The van der Waals surface area contributed by atoms with Crippen molar-refractivity contribution in [3.8, 4) is 0 Å². The first-order valence-corrected chi connectivity index (χ1v) is 11.1. The topological polar surface area (TPSA) is 61.4 Å². The van der Waals surface area contributed by atoms with Crippen LogP contribution in [-0.2, 0) is 4.79 Å². The molecule has 2 N–H and O–H groups in total. The van der Waals surface area contributed by atoms with Crippen LogP contribution in [0, 0.1) is 0 Å². The van der Waals surface area contributed by atoms with Gasteiger partial charge in [-0.25, -0.2) is 4.79 Å². The molecule has 0 aromatic rings. The Morgan fingerprint density at radius 1 is 1.12 bits per heavy atom. The first-order valence-electron chi connectivity index (χ1n) is 10.1. The lowest BCUT2D eigenvalue weighted by molar-refractivity contribution is -0.132. The average molecular weight is 368 g/mol. The number of hydrogen-bond donors (Lipinski definition) is 2. The summed E-state index contributed by atoms with van der Waals surface area (Å²) in [7, 11) is 2.01. The molecule has 0 spiro atoms. The van der Waals surface area contributed by atoms with E-state index in [1.165, 1.54) is 44.9 Å². The van der Waals surface area contributed by atoms with Crippen molar-refractivity contribution in [3.05, 3.63) is 0 Å². The summed E-state index contributed by atoms with van der Waals surface area (Å²) in [5.41, 5.74) is 0. The van der Waals surface area contributed by atoms with Crippen LogP contribution in [0.3, 0.4) is 0 Å². The van der Waals surface area contributed by atoms with Gasteiger partial charge in [0.15, 0.2) is 0 Å². The highest BCUT2D eigenvalue weighted by Gasteiger charge is 2.42. The molecule has 2 heterocycles. The third kappa shape index (κ3) is 5.05. The summed E-state index contributed by atoms with van der Waals surface area (Å²) in [6.45, 7) is 0. The highest BCUT2D eigenvalue weighted by atomic mass is 32.2. The molecule has 0 radical (unpaired) electrons. The fourth-order valence-corrected chi connectivity index (χ4v) is 6.01. The summed E-state index contributed by atoms with van der Waals surface area (Å²) in [4.78, 5) is 26.0. The molecule has 2 aliphatic heterocycles. The van der Waals surface area contributed by atoms with Crippen LogP contribution in [0.2, 0.25) is 0 Å². The number of rotatable bonds is 6. The lowest BCUT2D eigenvalue weighted by Crippen LogP contribution is -2.37. The van der Waals surface area contributed by atoms with E-state index in [4.69, 9.17) is 0 Å². The Hall–Kier alpha value is -0.910. The van der Waals surface area contributed by atoms with Crippen LogP contribution in [0.5, 0.6) is 0 Å². The first-order chi connectivity index (χ1) is 12.1. The normalized spacial score (nSPS) is 30.1. The molecule has 2 saturated heterocycles. The lowest BCUT2D eigenvalue weighted by Gasteiger charge is -2.30. The van der Waals surface area contributed by atoms with Crippen LogP contribution in [0.15, 0.2) is 0 Å². The Kier molecular flexibility index (Phi) is 6.91. The molecule has 0 aromatic heterocycles. The number of urea groups is 1. The van der Waals surface area contributed by atoms with Crippen molar-refractivity contribution in [1.82, 2.24) is 15.5 Å². The van der Waals surface area contributed by atoms with Crippen molar-refractivity contribution >= 4 is 23.7 Å². The number of nitrogens with one attached hydrogen (secondary N) is 2. The summed E-state index contributed by atoms with van der Waals surface area (Å²) in [5, 5.41) is 6.53. The van der Waals surface area contributed by atoms with E-state index in [0.29, 0.717) is 29.7 Å². The number of fused-ring (bicyclic) bond motifs is 1. The smallest absolute Gasteiger partial charge is 0.315 e. The minimum atomic E-state index is -0.0173. The summed E-state index contributed by atoms with van der Waals surface area (Å²) in [6, 6.07) is 1.02. The van der Waals surface area contributed by atoms with Gasteiger partial charge in [-0.3, -0.25) is 4.79 Å². The zero-order valence-corrected chi connectivity index (χ0v) is 16.3. The van der Waals surface area contributed by atoms with Crippen LogP contribution >= 0.6 is 11.8 Å². The predicted molar refractivity (Wildman–Crippen MR) is 103 cm³/mol. The second-order valence-electron chi connectivity index (χ2n) is 7.87. The Balaban J connectivity index is 1.34. The van der Waals surface area contributed by atoms with Gasteiger partial charge in [0.1, 0.15) is 0 Å². The lowest BCUT2D eigenvalue weighted by atomic mass is 9.95. The number of nitrogens with zero attached hydrogens (tertiary/aromatic N) is 1. The van der Waals surface area contributed by atoms with Gasteiger partial charge in [-0.1, -0.05) is 38.5 Å².